The second kappa shape index (κ2) is 9.54. The zero-order valence-corrected chi connectivity index (χ0v) is 13.5. The van der Waals surface area contributed by atoms with Gasteiger partial charge < -0.3 is 15.0 Å². The molecule has 1 amide bonds. The van der Waals surface area contributed by atoms with Crippen molar-refractivity contribution < 1.29 is 9.53 Å². The fourth-order valence-corrected chi connectivity index (χ4v) is 2.91. The SMILES string of the molecule is COCCCC(=O)N(Cc1ccccn1)C1CCCNCC1. The number of hydrogen-bond acceptors (Lipinski definition) is 4. The lowest BCUT2D eigenvalue weighted by Gasteiger charge is -2.31. The number of pyridine rings is 1. The molecule has 0 radical (unpaired) electrons. The first kappa shape index (κ1) is 16.9. The number of ether oxygens (including phenoxy) is 1. The Morgan fingerprint density at radius 3 is 3.09 bits per heavy atom. The minimum atomic E-state index is 0.217. The number of carbonyl (C=O) groups is 1. The smallest absolute Gasteiger partial charge is 0.223 e. The molecule has 122 valence electrons. The van der Waals surface area contributed by atoms with Crippen LogP contribution in [0.3, 0.4) is 0 Å². The van der Waals surface area contributed by atoms with Gasteiger partial charge >= 0.3 is 0 Å². The summed E-state index contributed by atoms with van der Waals surface area (Å²) in [7, 11) is 1.67. The minimum absolute atomic E-state index is 0.217. The largest absolute Gasteiger partial charge is 0.385 e. The summed E-state index contributed by atoms with van der Waals surface area (Å²) in [6.45, 7) is 3.27. The maximum absolute atomic E-state index is 12.7. The van der Waals surface area contributed by atoms with Crippen LogP contribution < -0.4 is 5.32 Å². The molecule has 1 atom stereocenters. The summed E-state index contributed by atoms with van der Waals surface area (Å²) >= 11 is 0. The normalized spacial score (nSPS) is 18.7. The van der Waals surface area contributed by atoms with E-state index >= 15 is 0 Å². The maximum atomic E-state index is 12.7. The fraction of sp³-hybridized carbons (Fsp3) is 0.647. The van der Waals surface area contributed by atoms with Crippen molar-refractivity contribution in [2.75, 3.05) is 26.8 Å². The van der Waals surface area contributed by atoms with E-state index in [9.17, 15) is 4.79 Å². The van der Waals surface area contributed by atoms with Gasteiger partial charge in [-0.25, -0.2) is 0 Å². The standard InChI is InChI=1S/C17H27N3O2/c1-22-13-5-8-17(21)20(14-15-6-2-3-11-19-15)16-7-4-10-18-12-9-16/h2-3,6,11,16,18H,4-5,7-10,12-14H2,1H3. The molecular formula is C17H27N3O2. The zero-order valence-electron chi connectivity index (χ0n) is 13.5. The van der Waals surface area contributed by atoms with Gasteiger partial charge in [0.2, 0.25) is 5.91 Å². The molecule has 1 N–H and O–H groups in total. The number of rotatable bonds is 7. The predicted molar refractivity (Wildman–Crippen MR) is 86.4 cm³/mol. The molecule has 1 saturated heterocycles. The first-order chi connectivity index (χ1) is 10.8. The third-order valence-corrected chi connectivity index (χ3v) is 4.10. The van der Waals surface area contributed by atoms with E-state index in [1.807, 2.05) is 23.1 Å². The molecule has 2 heterocycles. The van der Waals surface area contributed by atoms with Crippen LogP contribution in [-0.4, -0.2) is 48.6 Å². The van der Waals surface area contributed by atoms with Gasteiger partial charge in [0, 0.05) is 32.4 Å². The molecule has 1 aromatic heterocycles. The van der Waals surface area contributed by atoms with Gasteiger partial charge in [0.15, 0.2) is 0 Å². The highest BCUT2D eigenvalue weighted by atomic mass is 16.5. The number of hydrogen-bond donors (Lipinski definition) is 1. The van der Waals surface area contributed by atoms with Crippen LogP contribution in [0, 0.1) is 0 Å². The number of amides is 1. The van der Waals surface area contributed by atoms with Crippen molar-refractivity contribution in [2.45, 2.75) is 44.7 Å². The van der Waals surface area contributed by atoms with Gasteiger partial charge in [0.1, 0.15) is 0 Å². The van der Waals surface area contributed by atoms with E-state index in [2.05, 4.69) is 10.3 Å². The van der Waals surface area contributed by atoms with Crippen LogP contribution in [0.15, 0.2) is 24.4 Å². The third kappa shape index (κ3) is 5.39. The van der Waals surface area contributed by atoms with E-state index in [-0.39, 0.29) is 5.91 Å². The van der Waals surface area contributed by atoms with Gasteiger partial charge in [-0.3, -0.25) is 9.78 Å². The molecule has 22 heavy (non-hydrogen) atoms. The van der Waals surface area contributed by atoms with Crippen molar-refractivity contribution in [3.8, 4) is 0 Å². The van der Waals surface area contributed by atoms with E-state index < -0.39 is 0 Å². The maximum Gasteiger partial charge on any atom is 0.223 e. The van der Waals surface area contributed by atoms with Gasteiger partial charge in [-0.05, 0) is 50.9 Å². The van der Waals surface area contributed by atoms with Crippen molar-refractivity contribution >= 4 is 5.91 Å². The number of nitrogens with one attached hydrogen (secondary N) is 1. The van der Waals surface area contributed by atoms with E-state index in [4.69, 9.17) is 4.74 Å². The van der Waals surface area contributed by atoms with Crippen LogP contribution in [-0.2, 0) is 16.1 Å². The predicted octanol–water partition coefficient (Wildman–Crippen LogP) is 1.98. The van der Waals surface area contributed by atoms with Crippen molar-refractivity contribution in [2.24, 2.45) is 0 Å². The van der Waals surface area contributed by atoms with Gasteiger partial charge in [0.05, 0.1) is 12.2 Å². The van der Waals surface area contributed by atoms with Crippen LogP contribution in [0.5, 0.6) is 0 Å². The van der Waals surface area contributed by atoms with Gasteiger partial charge in [-0.1, -0.05) is 6.07 Å². The third-order valence-electron chi connectivity index (χ3n) is 4.10. The monoisotopic (exact) mass is 305 g/mol. The topological polar surface area (TPSA) is 54.5 Å². The van der Waals surface area contributed by atoms with Crippen molar-refractivity contribution in [3.63, 3.8) is 0 Å². The Labute approximate surface area is 133 Å². The molecular weight excluding hydrogens is 278 g/mol. The molecule has 1 fully saturated rings. The summed E-state index contributed by atoms with van der Waals surface area (Å²) in [5, 5.41) is 3.41. The molecule has 0 spiro atoms. The van der Waals surface area contributed by atoms with Crippen molar-refractivity contribution in [1.29, 1.82) is 0 Å². The lowest BCUT2D eigenvalue weighted by atomic mass is 10.1. The first-order valence-electron chi connectivity index (χ1n) is 8.20. The second-order valence-corrected chi connectivity index (χ2v) is 5.77. The van der Waals surface area contributed by atoms with Gasteiger partial charge in [-0.15, -0.1) is 0 Å². The van der Waals surface area contributed by atoms with E-state index in [1.165, 1.54) is 0 Å². The van der Waals surface area contributed by atoms with Crippen LogP contribution in [0.2, 0.25) is 0 Å². The molecule has 1 aromatic rings. The van der Waals surface area contributed by atoms with Crippen molar-refractivity contribution in [1.82, 2.24) is 15.2 Å². The van der Waals surface area contributed by atoms with Crippen LogP contribution in [0.25, 0.3) is 0 Å². The van der Waals surface area contributed by atoms with E-state index in [0.29, 0.717) is 25.6 Å². The molecule has 1 aliphatic heterocycles. The Hall–Kier alpha value is -1.46. The Bertz CT molecular complexity index is 431. The van der Waals surface area contributed by atoms with E-state index in [0.717, 1.165) is 44.5 Å². The highest BCUT2D eigenvalue weighted by molar-refractivity contribution is 5.76. The van der Waals surface area contributed by atoms with Crippen LogP contribution in [0.4, 0.5) is 0 Å². The molecule has 2 rings (SSSR count). The quantitative estimate of drug-likeness (QED) is 0.783. The average Bonchev–Trinajstić information content (AvgIpc) is 2.83. The molecule has 0 aromatic carbocycles. The summed E-state index contributed by atoms with van der Waals surface area (Å²) < 4.78 is 5.06. The first-order valence-corrected chi connectivity index (χ1v) is 8.20. The minimum Gasteiger partial charge on any atom is -0.385 e. The van der Waals surface area contributed by atoms with Gasteiger partial charge in [-0.2, -0.15) is 0 Å². The number of aromatic nitrogens is 1. The number of carbonyl (C=O) groups excluding carboxylic acids is 1. The molecule has 0 aliphatic carbocycles. The highest BCUT2D eigenvalue weighted by Crippen LogP contribution is 2.18. The van der Waals surface area contributed by atoms with Crippen LogP contribution in [0.1, 0.15) is 37.8 Å². The van der Waals surface area contributed by atoms with Crippen LogP contribution >= 0.6 is 0 Å². The molecule has 1 unspecified atom stereocenters. The lowest BCUT2D eigenvalue weighted by Crippen LogP contribution is -2.40. The summed E-state index contributed by atoms with van der Waals surface area (Å²) in [5.74, 6) is 0.217. The molecule has 0 bridgehead atoms. The molecule has 5 nitrogen and oxygen atoms in total. The Morgan fingerprint density at radius 2 is 2.32 bits per heavy atom. The lowest BCUT2D eigenvalue weighted by molar-refractivity contribution is -0.134. The van der Waals surface area contributed by atoms with Crippen molar-refractivity contribution in [3.05, 3.63) is 30.1 Å². The Kier molecular flexibility index (Phi) is 7.33. The summed E-state index contributed by atoms with van der Waals surface area (Å²) in [4.78, 5) is 19.1. The average molecular weight is 305 g/mol. The van der Waals surface area contributed by atoms with Gasteiger partial charge in [0.25, 0.3) is 0 Å². The number of nitrogens with zero attached hydrogens (tertiary/aromatic N) is 2. The molecule has 0 saturated carbocycles. The molecule has 1 aliphatic rings. The summed E-state index contributed by atoms with van der Waals surface area (Å²) in [6, 6.07) is 6.19. The summed E-state index contributed by atoms with van der Waals surface area (Å²) in [5.41, 5.74) is 0.958. The Balaban J connectivity index is 2.03. The highest BCUT2D eigenvalue weighted by Gasteiger charge is 2.24. The zero-order chi connectivity index (χ0) is 15.6. The summed E-state index contributed by atoms with van der Waals surface area (Å²) in [6.07, 6.45) is 6.31. The van der Waals surface area contributed by atoms with E-state index in [1.54, 1.807) is 13.3 Å². The Morgan fingerprint density at radius 1 is 1.41 bits per heavy atom. The fourth-order valence-electron chi connectivity index (χ4n) is 2.91. The number of methoxy groups -OCH3 is 1. The molecule has 5 heteroatoms. The second-order valence-electron chi connectivity index (χ2n) is 5.77.